The lowest BCUT2D eigenvalue weighted by molar-refractivity contribution is -0.132. The molecule has 6 rings (SSSR count). The van der Waals surface area contributed by atoms with Crippen LogP contribution in [0.1, 0.15) is 48.4 Å². The van der Waals surface area contributed by atoms with Crippen LogP contribution in [0, 0.1) is 19.7 Å². The molecule has 2 fully saturated rings. The number of nitrogens with one attached hydrogen (secondary N) is 1. The van der Waals surface area contributed by atoms with E-state index >= 15 is 0 Å². The molecule has 2 heterocycles. The van der Waals surface area contributed by atoms with Crippen LogP contribution in [0.3, 0.4) is 0 Å². The smallest absolute Gasteiger partial charge is 0.290 e. The van der Waals surface area contributed by atoms with Gasteiger partial charge in [0.1, 0.15) is 30.5 Å². The molecule has 0 spiro atoms. The lowest BCUT2D eigenvalue weighted by atomic mass is 9.82. The third-order valence-electron chi connectivity index (χ3n) is 9.09. The number of benzene rings is 3. The van der Waals surface area contributed by atoms with Gasteiger partial charge in [-0.25, -0.2) is 4.39 Å². The zero-order valence-corrected chi connectivity index (χ0v) is 28.1. The number of carbonyl (C=O) groups is 3. The highest BCUT2D eigenvalue weighted by Gasteiger charge is 2.43. The average molecular weight is 678 g/mol. The molecule has 2 atom stereocenters. The molecule has 9 nitrogen and oxygen atoms in total. The summed E-state index contributed by atoms with van der Waals surface area (Å²) in [5.74, 6) is 0.592. The third kappa shape index (κ3) is 8.35. The lowest BCUT2D eigenvalue weighted by Crippen LogP contribution is -2.61. The van der Waals surface area contributed by atoms with Gasteiger partial charge in [0.25, 0.3) is 12.4 Å². The maximum atomic E-state index is 14.6. The lowest BCUT2D eigenvalue weighted by Gasteiger charge is -2.44. The first-order chi connectivity index (χ1) is 23.1. The van der Waals surface area contributed by atoms with Gasteiger partial charge in [-0.3, -0.25) is 14.4 Å². The number of rotatable bonds is 10. The molecular formula is C37H41ClFN3O6. The zero-order valence-electron chi connectivity index (χ0n) is 27.4. The molecule has 2 bridgehead atoms. The Kier molecular flexibility index (Phi) is 11.4. The minimum atomic E-state index is -0.417. The van der Waals surface area contributed by atoms with Gasteiger partial charge in [0.15, 0.2) is 0 Å². The molecule has 0 unspecified atom stereocenters. The fourth-order valence-electron chi connectivity index (χ4n) is 6.35. The number of hydrogen-bond acceptors (Lipinski definition) is 6. The summed E-state index contributed by atoms with van der Waals surface area (Å²) in [5.41, 5.74) is 6.35. The third-order valence-corrected chi connectivity index (χ3v) is 9.40. The highest BCUT2D eigenvalue weighted by atomic mass is 35.5. The van der Waals surface area contributed by atoms with Crippen LogP contribution in [0.25, 0.3) is 5.57 Å². The Hall–Kier alpha value is -4.41. The van der Waals surface area contributed by atoms with Crippen LogP contribution in [-0.4, -0.2) is 77.6 Å². The largest absolute Gasteiger partial charge is 0.490 e. The van der Waals surface area contributed by atoms with Crippen LogP contribution in [-0.2, 0) is 20.9 Å². The van der Waals surface area contributed by atoms with Gasteiger partial charge in [-0.1, -0.05) is 41.9 Å². The zero-order chi connectivity index (χ0) is 34.4. The minimum Gasteiger partial charge on any atom is -0.490 e. The number of piperazine rings is 1. The van der Waals surface area contributed by atoms with E-state index in [1.165, 1.54) is 34.9 Å². The SMILES string of the molecule is CC(=O)N1C[C@H]2CC(c3ccc(OCCOc4cc(F)ccc4Cl)cc3)=C(C(=O)N(Cc3cccc(C)c3C)C3CC3)[C@@H](C1)N2.O=CO. The fourth-order valence-corrected chi connectivity index (χ4v) is 6.52. The number of hydrogen-bond donors (Lipinski definition) is 2. The number of halogens is 2. The maximum Gasteiger partial charge on any atom is 0.290 e. The van der Waals surface area contributed by atoms with Crippen molar-refractivity contribution in [3.05, 3.63) is 99.3 Å². The number of fused-ring (bicyclic) bond motifs is 2. The molecule has 3 aliphatic rings. The van der Waals surface area contributed by atoms with Gasteiger partial charge < -0.3 is 29.7 Å². The molecule has 254 valence electrons. The van der Waals surface area contributed by atoms with Gasteiger partial charge >= 0.3 is 0 Å². The van der Waals surface area contributed by atoms with E-state index in [9.17, 15) is 14.0 Å². The average Bonchev–Trinajstić information content (AvgIpc) is 3.91. The number of amides is 2. The van der Waals surface area contributed by atoms with Gasteiger partial charge in [0.2, 0.25) is 5.91 Å². The van der Waals surface area contributed by atoms with Crippen LogP contribution in [0.2, 0.25) is 5.02 Å². The monoisotopic (exact) mass is 677 g/mol. The van der Waals surface area contributed by atoms with E-state index in [1.807, 2.05) is 34.1 Å². The molecule has 2 N–H and O–H groups in total. The van der Waals surface area contributed by atoms with E-state index in [2.05, 4.69) is 37.4 Å². The van der Waals surface area contributed by atoms with Gasteiger partial charge in [-0.05, 0) is 85.2 Å². The van der Waals surface area contributed by atoms with Crippen molar-refractivity contribution < 1.29 is 33.4 Å². The number of ether oxygens (including phenoxy) is 2. The molecule has 2 amide bonds. The second kappa shape index (κ2) is 15.7. The molecule has 48 heavy (non-hydrogen) atoms. The van der Waals surface area contributed by atoms with Crippen molar-refractivity contribution in [2.75, 3.05) is 26.3 Å². The Bertz CT molecular complexity index is 1680. The van der Waals surface area contributed by atoms with Crippen molar-refractivity contribution in [2.45, 2.75) is 64.7 Å². The molecule has 0 aromatic heterocycles. The first-order valence-corrected chi connectivity index (χ1v) is 16.5. The van der Waals surface area contributed by atoms with Gasteiger partial charge in [-0.15, -0.1) is 0 Å². The first kappa shape index (κ1) is 34.9. The number of aryl methyl sites for hydroxylation is 1. The van der Waals surface area contributed by atoms with E-state index in [1.54, 1.807) is 6.92 Å². The molecular weight excluding hydrogens is 637 g/mol. The van der Waals surface area contributed by atoms with E-state index in [4.69, 9.17) is 31.0 Å². The second-order valence-electron chi connectivity index (χ2n) is 12.4. The minimum absolute atomic E-state index is 0.0290. The predicted octanol–water partition coefficient (Wildman–Crippen LogP) is 5.79. The predicted molar refractivity (Wildman–Crippen MR) is 182 cm³/mol. The van der Waals surface area contributed by atoms with Crippen LogP contribution >= 0.6 is 11.6 Å². The van der Waals surface area contributed by atoms with Crippen molar-refractivity contribution in [2.24, 2.45) is 0 Å². The molecule has 11 heteroatoms. The fraction of sp³-hybridized carbons (Fsp3) is 0.378. The highest BCUT2D eigenvalue weighted by Crippen LogP contribution is 2.38. The summed E-state index contributed by atoms with van der Waals surface area (Å²) in [6.07, 6.45) is 2.65. The summed E-state index contributed by atoms with van der Waals surface area (Å²) in [7, 11) is 0. The first-order valence-electron chi connectivity index (χ1n) is 16.1. The van der Waals surface area contributed by atoms with Crippen LogP contribution in [0.5, 0.6) is 11.5 Å². The van der Waals surface area contributed by atoms with Crippen molar-refractivity contribution in [1.29, 1.82) is 0 Å². The number of nitrogens with zero attached hydrogens (tertiary/aromatic N) is 2. The second-order valence-corrected chi connectivity index (χ2v) is 12.8. The molecule has 0 radical (unpaired) electrons. The Morgan fingerprint density at radius 1 is 1.06 bits per heavy atom. The summed E-state index contributed by atoms with van der Waals surface area (Å²) in [6, 6.07) is 18.1. The summed E-state index contributed by atoms with van der Waals surface area (Å²) < 4.78 is 25.0. The molecule has 1 saturated heterocycles. The number of carbonyl (C=O) groups excluding carboxylic acids is 2. The Balaban J connectivity index is 0.00000145. The summed E-state index contributed by atoms with van der Waals surface area (Å²) >= 11 is 6.08. The van der Waals surface area contributed by atoms with Crippen LogP contribution in [0.4, 0.5) is 4.39 Å². The van der Waals surface area contributed by atoms with Crippen molar-refractivity contribution in [3.8, 4) is 11.5 Å². The standard InChI is InChI=1S/C36H39ClFN3O4.CH2O2/c1-22-5-4-6-26(23(22)2)19-41(29-10-11-29)36(43)35-31(18-28-20-40(24(3)42)21-33(35)39-28)25-7-12-30(13-8-25)44-15-16-45-34-17-27(38)9-14-32(34)37;2-1-3/h4-9,12-14,17,28-29,33,39H,10-11,15-16,18-21H2,1-3H3;1H,(H,2,3)/t28-,33-;/m1./s1. The van der Waals surface area contributed by atoms with Gasteiger partial charge in [0.05, 0.1) is 11.1 Å². The van der Waals surface area contributed by atoms with E-state index in [0.717, 1.165) is 29.6 Å². The normalized spacial score (nSPS) is 18.4. The summed E-state index contributed by atoms with van der Waals surface area (Å²) in [5, 5.41) is 10.9. The van der Waals surface area contributed by atoms with Crippen molar-refractivity contribution >= 4 is 35.5 Å². The Labute approximate surface area is 285 Å². The Morgan fingerprint density at radius 3 is 2.46 bits per heavy atom. The summed E-state index contributed by atoms with van der Waals surface area (Å²) in [6.45, 7) is 7.67. The van der Waals surface area contributed by atoms with Crippen LogP contribution in [0.15, 0.2) is 66.2 Å². The molecule has 1 saturated carbocycles. The van der Waals surface area contributed by atoms with Crippen molar-refractivity contribution in [1.82, 2.24) is 15.1 Å². The summed E-state index contributed by atoms with van der Waals surface area (Å²) in [4.78, 5) is 39.3. The Morgan fingerprint density at radius 2 is 1.77 bits per heavy atom. The molecule has 3 aromatic carbocycles. The van der Waals surface area contributed by atoms with Gasteiger partial charge in [0, 0.05) is 50.3 Å². The topological polar surface area (TPSA) is 108 Å². The molecule has 3 aromatic rings. The molecule has 1 aliphatic carbocycles. The quantitative estimate of drug-likeness (QED) is 0.207. The maximum absolute atomic E-state index is 14.6. The van der Waals surface area contributed by atoms with E-state index in [0.29, 0.717) is 36.8 Å². The molecule has 2 aliphatic heterocycles. The van der Waals surface area contributed by atoms with Crippen LogP contribution < -0.4 is 14.8 Å². The van der Waals surface area contributed by atoms with Crippen molar-refractivity contribution in [3.63, 3.8) is 0 Å². The van der Waals surface area contributed by atoms with E-state index < -0.39 is 5.82 Å². The van der Waals surface area contributed by atoms with Gasteiger partial charge in [-0.2, -0.15) is 0 Å². The number of carboxylic acid groups (broad SMARTS) is 1. The highest BCUT2D eigenvalue weighted by molar-refractivity contribution is 6.32. The van der Waals surface area contributed by atoms with E-state index in [-0.39, 0.29) is 55.4 Å².